The average molecular weight is 633 g/mol. The molecule has 2 heterocycles. The number of pyridine rings is 2. The van der Waals surface area contributed by atoms with Crippen molar-refractivity contribution in [2.24, 2.45) is 0 Å². The molecule has 2 heteroatoms. The summed E-state index contributed by atoms with van der Waals surface area (Å²) in [7, 11) is 0. The van der Waals surface area contributed by atoms with Gasteiger partial charge < -0.3 is 0 Å². The van der Waals surface area contributed by atoms with Crippen LogP contribution >= 0.6 is 0 Å². The molecular weight excluding hydrogens is 605 g/mol. The fourth-order valence-electron chi connectivity index (χ4n) is 8.08. The summed E-state index contributed by atoms with van der Waals surface area (Å²) >= 11 is 0. The molecule has 230 valence electrons. The second-order valence-corrected chi connectivity index (χ2v) is 13.4. The van der Waals surface area contributed by atoms with Gasteiger partial charge in [-0.25, -0.2) is 9.97 Å². The molecule has 0 fully saturated rings. The van der Waals surface area contributed by atoms with Crippen LogP contribution in [0, 0.1) is 0 Å². The van der Waals surface area contributed by atoms with E-state index in [4.69, 9.17) is 9.97 Å². The van der Waals surface area contributed by atoms with Crippen molar-refractivity contribution in [2.45, 2.75) is 0 Å². The highest BCUT2D eigenvalue weighted by atomic mass is 14.8. The fourth-order valence-corrected chi connectivity index (χ4v) is 8.08. The minimum atomic E-state index is 0.919. The van der Waals surface area contributed by atoms with E-state index in [0.717, 1.165) is 44.3 Å². The highest BCUT2D eigenvalue weighted by molar-refractivity contribution is 6.16. The molecule has 0 aliphatic rings. The Bertz CT molecular complexity index is 2990. The van der Waals surface area contributed by atoms with Gasteiger partial charge in [-0.1, -0.05) is 133 Å². The van der Waals surface area contributed by atoms with Crippen LogP contribution in [0.1, 0.15) is 0 Å². The summed E-state index contributed by atoms with van der Waals surface area (Å²) in [6.07, 6.45) is 0. The predicted molar refractivity (Wildman–Crippen MR) is 213 cm³/mol. The Morgan fingerprint density at radius 1 is 0.240 bits per heavy atom. The van der Waals surface area contributed by atoms with Gasteiger partial charge >= 0.3 is 0 Å². The van der Waals surface area contributed by atoms with Gasteiger partial charge in [0.05, 0.1) is 22.4 Å². The van der Waals surface area contributed by atoms with Crippen LogP contribution < -0.4 is 0 Å². The van der Waals surface area contributed by atoms with Crippen molar-refractivity contribution in [3.63, 3.8) is 0 Å². The molecule has 0 aliphatic carbocycles. The summed E-state index contributed by atoms with van der Waals surface area (Å²) < 4.78 is 0. The first-order valence-corrected chi connectivity index (χ1v) is 17.1. The Labute approximate surface area is 287 Å². The second kappa shape index (κ2) is 10.4. The maximum absolute atomic E-state index is 5.36. The van der Waals surface area contributed by atoms with Crippen molar-refractivity contribution in [1.29, 1.82) is 0 Å². The van der Waals surface area contributed by atoms with E-state index in [1.54, 1.807) is 0 Å². The Morgan fingerprint density at radius 3 is 1.10 bits per heavy atom. The molecule has 2 aromatic heterocycles. The minimum Gasteiger partial charge on any atom is -0.245 e. The quantitative estimate of drug-likeness (QED) is 0.140. The molecule has 0 bridgehead atoms. The topological polar surface area (TPSA) is 25.8 Å². The Balaban J connectivity index is 1.10. The molecule has 9 aromatic carbocycles. The van der Waals surface area contributed by atoms with E-state index in [1.165, 1.54) is 64.6 Å². The van der Waals surface area contributed by atoms with Crippen LogP contribution in [0.15, 0.2) is 170 Å². The van der Waals surface area contributed by atoms with Gasteiger partial charge in [-0.05, 0) is 101 Å². The van der Waals surface area contributed by atoms with Gasteiger partial charge in [0.1, 0.15) is 0 Å². The van der Waals surface area contributed by atoms with E-state index in [-0.39, 0.29) is 0 Å². The highest BCUT2D eigenvalue weighted by Crippen LogP contribution is 2.37. The van der Waals surface area contributed by atoms with E-state index in [9.17, 15) is 0 Å². The molecule has 0 radical (unpaired) electrons. The summed E-state index contributed by atoms with van der Waals surface area (Å²) in [5, 5.41) is 17.1. The largest absolute Gasteiger partial charge is 0.245 e. The van der Waals surface area contributed by atoms with E-state index in [1.807, 2.05) is 0 Å². The zero-order chi connectivity index (χ0) is 32.8. The molecule has 0 saturated heterocycles. The molecular formula is C48H28N2. The van der Waals surface area contributed by atoms with Crippen LogP contribution in [0.2, 0.25) is 0 Å². The standard InChI is InChI=1S/C48H28N2/c1-3-11-37-29(7-1)15-19-35-27-43-33(25-41(35)37)9-5-13-39(43)45-23-21-31-17-18-32-22-24-46(50-48(32)47(31)49-45)40-14-6-10-34-26-42-36(28-44(34)40)20-16-30-8-2-4-12-38(30)42/h1-28H. The van der Waals surface area contributed by atoms with Gasteiger partial charge in [0.15, 0.2) is 0 Å². The van der Waals surface area contributed by atoms with Crippen molar-refractivity contribution in [3.8, 4) is 22.5 Å². The number of hydrogen-bond acceptors (Lipinski definition) is 2. The fraction of sp³-hybridized carbons (Fsp3) is 0. The maximum Gasteiger partial charge on any atom is 0.0972 e. The summed E-state index contributed by atoms with van der Waals surface area (Å²) in [5.41, 5.74) is 5.99. The highest BCUT2D eigenvalue weighted by Gasteiger charge is 2.14. The van der Waals surface area contributed by atoms with Gasteiger partial charge in [0.25, 0.3) is 0 Å². The Kier molecular flexibility index (Phi) is 5.70. The van der Waals surface area contributed by atoms with Crippen LogP contribution in [0.3, 0.4) is 0 Å². The van der Waals surface area contributed by atoms with E-state index in [2.05, 4.69) is 170 Å². The number of fused-ring (bicyclic) bond motifs is 11. The normalized spacial score (nSPS) is 12.0. The third-order valence-electron chi connectivity index (χ3n) is 10.6. The van der Waals surface area contributed by atoms with Crippen LogP contribution in [-0.4, -0.2) is 9.97 Å². The maximum atomic E-state index is 5.36. The molecule has 50 heavy (non-hydrogen) atoms. The molecule has 11 aromatic rings. The lowest BCUT2D eigenvalue weighted by Crippen LogP contribution is -1.92. The molecule has 0 aliphatic heterocycles. The van der Waals surface area contributed by atoms with Crippen molar-refractivity contribution < 1.29 is 0 Å². The van der Waals surface area contributed by atoms with Crippen LogP contribution in [0.25, 0.3) is 109 Å². The summed E-state index contributed by atoms with van der Waals surface area (Å²) in [6.45, 7) is 0. The number of aromatic nitrogens is 2. The Hall–Kier alpha value is -6.64. The molecule has 0 atom stereocenters. The second-order valence-electron chi connectivity index (χ2n) is 13.4. The molecule has 0 amide bonds. The van der Waals surface area contributed by atoms with Gasteiger partial charge in [0, 0.05) is 21.9 Å². The first-order chi connectivity index (χ1) is 24.7. The van der Waals surface area contributed by atoms with Gasteiger partial charge in [-0.15, -0.1) is 0 Å². The lowest BCUT2D eigenvalue weighted by atomic mass is 9.94. The van der Waals surface area contributed by atoms with E-state index in [0.29, 0.717) is 0 Å². The van der Waals surface area contributed by atoms with Crippen LogP contribution in [0.5, 0.6) is 0 Å². The molecule has 0 saturated carbocycles. The zero-order valence-corrected chi connectivity index (χ0v) is 27.1. The van der Waals surface area contributed by atoms with E-state index < -0.39 is 0 Å². The summed E-state index contributed by atoms with van der Waals surface area (Å²) in [5.74, 6) is 0. The van der Waals surface area contributed by atoms with Crippen LogP contribution in [-0.2, 0) is 0 Å². The van der Waals surface area contributed by atoms with Crippen molar-refractivity contribution in [2.75, 3.05) is 0 Å². The lowest BCUT2D eigenvalue weighted by molar-refractivity contribution is 1.37. The molecule has 0 N–H and O–H groups in total. The van der Waals surface area contributed by atoms with Crippen molar-refractivity contribution >= 4 is 86.4 Å². The predicted octanol–water partition coefficient (Wildman–Crippen LogP) is 13.0. The summed E-state index contributed by atoms with van der Waals surface area (Å²) in [4.78, 5) is 10.7. The van der Waals surface area contributed by atoms with Crippen molar-refractivity contribution in [1.82, 2.24) is 9.97 Å². The number of rotatable bonds is 2. The third kappa shape index (κ3) is 4.09. The first-order valence-electron chi connectivity index (χ1n) is 17.1. The summed E-state index contributed by atoms with van der Waals surface area (Å²) in [6, 6.07) is 61.5. The number of hydrogen-bond donors (Lipinski definition) is 0. The monoisotopic (exact) mass is 632 g/mol. The molecule has 11 rings (SSSR count). The zero-order valence-electron chi connectivity index (χ0n) is 27.1. The average Bonchev–Trinajstić information content (AvgIpc) is 3.18. The smallest absolute Gasteiger partial charge is 0.0972 e. The first kappa shape index (κ1) is 27.3. The number of benzene rings is 9. The molecule has 0 unspecified atom stereocenters. The lowest BCUT2D eigenvalue weighted by Gasteiger charge is -2.12. The van der Waals surface area contributed by atoms with Gasteiger partial charge in [-0.3, -0.25) is 0 Å². The van der Waals surface area contributed by atoms with Crippen LogP contribution in [0.4, 0.5) is 0 Å². The molecule has 2 nitrogen and oxygen atoms in total. The molecule has 0 spiro atoms. The van der Waals surface area contributed by atoms with Crippen molar-refractivity contribution in [3.05, 3.63) is 170 Å². The number of nitrogens with zero attached hydrogens (tertiary/aromatic N) is 2. The third-order valence-corrected chi connectivity index (χ3v) is 10.6. The van der Waals surface area contributed by atoms with Gasteiger partial charge in [0.2, 0.25) is 0 Å². The Morgan fingerprint density at radius 2 is 0.600 bits per heavy atom. The SMILES string of the molecule is c1cc(-c2ccc3ccc4ccc(-c5cccc6cc7c(ccc8ccccc87)cc56)nc4c3n2)c2cc3ccc4ccccc4c3cc2c1. The minimum absolute atomic E-state index is 0.919. The van der Waals surface area contributed by atoms with Gasteiger partial charge in [-0.2, -0.15) is 0 Å². The van der Waals surface area contributed by atoms with E-state index >= 15 is 0 Å².